The van der Waals surface area contributed by atoms with Gasteiger partial charge in [0.05, 0.1) is 0 Å². The largest absolute Gasteiger partial charge is 0.208 e. The Labute approximate surface area is 374 Å². The van der Waals surface area contributed by atoms with Gasteiger partial charge in [0.15, 0.2) is 34.9 Å². The molecule has 0 radical (unpaired) electrons. The number of rotatable bonds is 9. The maximum Gasteiger partial charge on any atom is 0.164 e. The monoisotopic (exact) mass is 824 g/mol. The molecule has 0 spiro atoms. The van der Waals surface area contributed by atoms with Gasteiger partial charge in [-0.2, -0.15) is 0 Å². The van der Waals surface area contributed by atoms with Crippen LogP contribution in [-0.4, -0.2) is 29.9 Å². The minimum atomic E-state index is -0.00358. The van der Waals surface area contributed by atoms with Crippen LogP contribution in [0.15, 0.2) is 212 Å². The Morgan fingerprint density at radius 1 is 0.234 bits per heavy atom. The van der Waals surface area contributed by atoms with Crippen molar-refractivity contribution in [3.63, 3.8) is 0 Å². The van der Waals surface area contributed by atoms with Gasteiger partial charge in [-0.1, -0.05) is 215 Å². The van der Waals surface area contributed by atoms with Crippen molar-refractivity contribution in [2.45, 2.75) is 26.2 Å². The van der Waals surface area contributed by atoms with Gasteiger partial charge in [-0.15, -0.1) is 0 Å². The molecule has 0 aliphatic carbocycles. The Kier molecular flexibility index (Phi) is 10.8. The molecule has 2 aromatic heterocycles. The molecule has 0 aliphatic rings. The van der Waals surface area contributed by atoms with Crippen LogP contribution in [0.25, 0.3) is 102 Å². The second-order valence-corrected chi connectivity index (χ2v) is 16.8. The summed E-state index contributed by atoms with van der Waals surface area (Å²) in [5.74, 6) is 3.61. The lowest BCUT2D eigenvalue weighted by molar-refractivity contribution is 0.590. The molecule has 0 fully saturated rings. The molecule has 10 aromatic rings. The topological polar surface area (TPSA) is 77.3 Å². The number of hydrogen-bond acceptors (Lipinski definition) is 6. The van der Waals surface area contributed by atoms with Crippen molar-refractivity contribution >= 4 is 0 Å². The molecule has 0 atom stereocenters. The van der Waals surface area contributed by atoms with E-state index in [4.69, 9.17) is 29.9 Å². The van der Waals surface area contributed by atoms with Gasteiger partial charge in [-0.3, -0.25) is 0 Å². The van der Waals surface area contributed by atoms with Crippen molar-refractivity contribution in [2.75, 3.05) is 0 Å². The summed E-state index contributed by atoms with van der Waals surface area (Å²) in [4.78, 5) is 30.8. The van der Waals surface area contributed by atoms with Crippen LogP contribution in [-0.2, 0) is 5.41 Å². The highest BCUT2D eigenvalue weighted by Gasteiger charge is 2.21. The van der Waals surface area contributed by atoms with Crippen LogP contribution in [0.1, 0.15) is 26.3 Å². The fourth-order valence-electron chi connectivity index (χ4n) is 7.96. The molecular weight excluding hydrogens is 781 g/mol. The highest BCUT2D eigenvalue weighted by Crippen LogP contribution is 2.40. The van der Waals surface area contributed by atoms with Crippen LogP contribution < -0.4 is 0 Å². The van der Waals surface area contributed by atoms with Crippen molar-refractivity contribution in [1.29, 1.82) is 0 Å². The standard InChI is InChI=1S/C58H44N6/c1-58(2,3)47-34-31-40(32-35-47)51-38-45(33-36-50(51)57-62-52(41-21-10-5-11-22-41)59-53(63-57)42-23-12-6-13-24-42)48-29-16-17-30-49(48)56-61-54(43-25-14-7-15-26-43)60-55(64-56)46-28-18-27-44(37-46)39-19-8-4-9-20-39/h4-38H,1-3H3. The molecule has 10 rings (SSSR count). The summed E-state index contributed by atoms with van der Waals surface area (Å²) >= 11 is 0. The quantitative estimate of drug-likeness (QED) is 0.144. The molecule has 6 heteroatoms. The third-order valence-electron chi connectivity index (χ3n) is 11.4. The molecule has 0 saturated carbocycles. The van der Waals surface area contributed by atoms with Gasteiger partial charge in [0.2, 0.25) is 0 Å². The SMILES string of the molecule is CC(C)(C)c1ccc(-c2cc(-c3ccccc3-c3nc(-c4ccccc4)nc(-c4cccc(-c5ccccc5)c4)n3)ccc2-c2nc(-c3ccccc3)nc(-c3ccccc3)n2)cc1. The van der Waals surface area contributed by atoms with E-state index in [2.05, 4.69) is 130 Å². The van der Waals surface area contributed by atoms with Gasteiger partial charge in [0, 0.05) is 33.4 Å². The number of benzene rings is 8. The molecule has 8 aromatic carbocycles. The van der Waals surface area contributed by atoms with Crippen LogP contribution in [0.5, 0.6) is 0 Å². The number of nitrogens with zero attached hydrogens (tertiary/aromatic N) is 6. The molecule has 64 heavy (non-hydrogen) atoms. The van der Waals surface area contributed by atoms with E-state index in [0.29, 0.717) is 34.9 Å². The maximum atomic E-state index is 5.23. The second-order valence-electron chi connectivity index (χ2n) is 16.8. The van der Waals surface area contributed by atoms with E-state index in [9.17, 15) is 0 Å². The Morgan fingerprint density at radius 2 is 0.609 bits per heavy atom. The van der Waals surface area contributed by atoms with Gasteiger partial charge < -0.3 is 0 Å². The van der Waals surface area contributed by atoms with Gasteiger partial charge in [-0.25, -0.2) is 29.9 Å². The van der Waals surface area contributed by atoms with Crippen LogP contribution in [0.3, 0.4) is 0 Å². The maximum absolute atomic E-state index is 5.23. The zero-order valence-corrected chi connectivity index (χ0v) is 35.9. The third kappa shape index (κ3) is 8.37. The third-order valence-corrected chi connectivity index (χ3v) is 11.4. The highest BCUT2D eigenvalue weighted by atomic mass is 15.0. The van der Waals surface area contributed by atoms with Crippen molar-refractivity contribution in [3.05, 3.63) is 218 Å². The van der Waals surface area contributed by atoms with E-state index < -0.39 is 0 Å². The molecule has 6 nitrogen and oxygen atoms in total. The zero-order valence-electron chi connectivity index (χ0n) is 35.9. The minimum Gasteiger partial charge on any atom is -0.208 e. The zero-order chi connectivity index (χ0) is 43.5. The van der Waals surface area contributed by atoms with E-state index >= 15 is 0 Å². The summed E-state index contributed by atoms with van der Waals surface area (Å²) in [5, 5.41) is 0. The molecule has 0 unspecified atom stereocenters. The first kappa shape index (κ1) is 39.9. The summed E-state index contributed by atoms with van der Waals surface area (Å²) in [7, 11) is 0. The van der Waals surface area contributed by atoms with Gasteiger partial charge in [-0.05, 0) is 62.6 Å². The Morgan fingerprint density at radius 3 is 1.11 bits per heavy atom. The Balaban J connectivity index is 1.15. The summed E-state index contributed by atoms with van der Waals surface area (Å²) in [5.41, 5.74) is 13.0. The lowest BCUT2D eigenvalue weighted by atomic mass is 9.85. The molecule has 0 amide bonds. The van der Waals surface area contributed by atoms with Crippen LogP contribution in [0.2, 0.25) is 0 Å². The predicted octanol–water partition coefficient (Wildman–Crippen LogP) is 14.4. The fraction of sp³-hybridized carbons (Fsp3) is 0.0690. The first-order chi connectivity index (χ1) is 31.3. The number of hydrogen-bond donors (Lipinski definition) is 0. The van der Waals surface area contributed by atoms with E-state index in [1.165, 1.54) is 5.56 Å². The molecule has 306 valence electrons. The molecule has 0 aliphatic heterocycles. The van der Waals surface area contributed by atoms with Crippen LogP contribution in [0, 0.1) is 0 Å². The highest BCUT2D eigenvalue weighted by molar-refractivity contribution is 5.89. The Bertz CT molecular complexity index is 3160. The van der Waals surface area contributed by atoms with Crippen LogP contribution >= 0.6 is 0 Å². The molecule has 2 heterocycles. The molecular formula is C58H44N6. The smallest absolute Gasteiger partial charge is 0.164 e. The van der Waals surface area contributed by atoms with E-state index in [-0.39, 0.29) is 5.41 Å². The van der Waals surface area contributed by atoms with Crippen LogP contribution in [0.4, 0.5) is 0 Å². The van der Waals surface area contributed by atoms with Crippen molar-refractivity contribution in [2.24, 2.45) is 0 Å². The van der Waals surface area contributed by atoms with E-state index in [1.807, 2.05) is 103 Å². The molecule has 0 saturated heterocycles. The predicted molar refractivity (Wildman–Crippen MR) is 261 cm³/mol. The average Bonchev–Trinajstić information content (AvgIpc) is 3.37. The molecule has 0 N–H and O–H groups in total. The van der Waals surface area contributed by atoms with Gasteiger partial charge >= 0.3 is 0 Å². The summed E-state index contributed by atoms with van der Waals surface area (Å²) < 4.78 is 0. The van der Waals surface area contributed by atoms with Gasteiger partial charge in [0.1, 0.15) is 0 Å². The van der Waals surface area contributed by atoms with Gasteiger partial charge in [0.25, 0.3) is 0 Å². The van der Waals surface area contributed by atoms with Crippen molar-refractivity contribution < 1.29 is 0 Å². The van der Waals surface area contributed by atoms with E-state index in [0.717, 1.165) is 66.8 Å². The number of aromatic nitrogens is 6. The molecule has 0 bridgehead atoms. The fourth-order valence-corrected chi connectivity index (χ4v) is 7.96. The minimum absolute atomic E-state index is 0.00358. The summed E-state index contributed by atoms with van der Waals surface area (Å²) in [6.07, 6.45) is 0. The summed E-state index contributed by atoms with van der Waals surface area (Å²) in [6, 6.07) is 72.8. The Hall–Kier alpha value is -8.22. The second kappa shape index (κ2) is 17.3. The lowest BCUT2D eigenvalue weighted by Crippen LogP contribution is -2.10. The normalized spacial score (nSPS) is 11.4. The van der Waals surface area contributed by atoms with E-state index in [1.54, 1.807) is 0 Å². The average molecular weight is 825 g/mol. The summed E-state index contributed by atoms with van der Waals surface area (Å²) in [6.45, 7) is 6.71. The lowest BCUT2D eigenvalue weighted by Gasteiger charge is -2.20. The van der Waals surface area contributed by atoms with Crippen molar-refractivity contribution in [1.82, 2.24) is 29.9 Å². The van der Waals surface area contributed by atoms with Crippen molar-refractivity contribution in [3.8, 4) is 102 Å². The first-order valence-electron chi connectivity index (χ1n) is 21.5. The first-order valence-corrected chi connectivity index (χ1v) is 21.5.